The molecule has 3 aromatic carbocycles. The van der Waals surface area contributed by atoms with Gasteiger partial charge in [0.15, 0.2) is 0 Å². The molecule has 0 bridgehead atoms. The minimum Gasteiger partial charge on any atom is -0.508 e. The van der Waals surface area contributed by atoms with E-state index in [-0.39, 0.29) is 10.8 Å². The normalized spacial score (nSPS) is 12.1. The van der Waals surface area contributed by atoms with E-state index < -0.39 is 0 Å². The molecule has 0 saturated heterocycles. The number of rotatable bonds is 22. The second-order valence-corrected chi connectivity index (χ2v) is 15.1. The van der Waals surface area contributed by atoms with Gasteiger partial charge in [-0.1, -0.05) is 179 Å². The van der Waals surface area contributed by atoms with Gasteiger partial charge in [-0.25, -0.2) is 0 Å². The first-order valence-corrected chi connectivity index (χ1v) is 18.7. The van der Waals surface area contributed by atoms with E-state index >= 15 is 0 Å². The Bertz CT molecular complexity index is 1250. The fraction of sp³-hybridized carbons (Fsp3) is 0.591. The van der Waals surface area contributed by atoms with Gasteiger partial charge in [0, 0.05) is 0 Å². The maximum absolute atomic E-state index is 11.3. The largest absolute Gasteiger partial charge is 0.508 e. The summed E-state index contributed by atoms with van der Waals surface area (Å²) in [6, 6.07) is 24.4. The highest BCUT2D eigenvalue weighted by Gasteiger charge is 2.29. The first kappa shape index (κ1) is 36.9. The number of aromatic hydroxyl groups is 1. The van der Waals surface area contributed by atoms with Gasteiger partial charge in [-0.15, -0.1) is 0 Å². The number of hydrogen-bond donors (Lipinski definition) is 1. The highest BCUT2D eigenvalue weighted by molar-refractivity contribution is 5.45. The van der Waals surface area contributed by atoms with Gasteiger partial charge in [0.1, 0.15) is 5.75 Å². The second kappa shape index (κ2) is 19.2. The molecule has 0 atom stereocenters. The third kappa shape index (κ3) is 12.0. The molecule has 0 saturated carbocycles. The maximum Gasteiger partial charge on any atom is 0.119 e. The van der Waals surface area contributed by atoms with Crippen LogP contribution in [0.4, 0.5) is 0 Å². The van der Waals surface area contributed by atoms with Crippen LogP contribution in [-0.4, -0.2) is 5.11 Å². The van der Waals surface area contributed by atoms with E-state index in [0.717, 1.165) is 31.2 Å². The van der Waals surface area contributed by atoms with Gasteiger partial charge in [0.25, 0.3) is 0 Å². The van der Waals surface area contributed by atoms with Crippen molar-refractivity contribution < 1.29 is 5.11 Å². The first-order valence-electron chi connectivity index (χ1n) is 18.7. The van der Waals surface area contributed by atoms with Crippen molar-refractivity contribution in [2.45, 2.75) is 168 Å². The van der Waals surface area contributed by atoms with Crippen LogP contribution in [0.5, 0.6) is 5.75 Å². The molecule has 0 heterocycles. The van der Waals surface area contributed by atoms with Gasteiger partial charge in [0.2, 0.25) is 0 Å². The number of aryl methyl sites for hydroxylation is 2. The minimum absolute atomic E-state index is 0.0283. The Morgan fingerprint density at radius 3 is 1.33 bits per heavy atom. The van der Waals surface area contributed by atoms with Gasteiger partial charge < -0.3 is 5.11 Å². The van der Waals surface area contributed by atoms with E-state index in [9.17, 15) is 5.11 Å². The summed E-state index contributed by atoms with van der Waals surface area (Å²) in [5.41, 5.74) is 8.16. The Morgan fingerprint density at radius 2 is 0.844 bits per heavy atom. The molecule has 45 heavy (non-hydrogen) atoms. The quantitative estimate of drug-likeness (QED) is 0.112. The van der Waals surface area contributed by atoms with Gasteiger partial charge in [-0.2, -0.15) is 0 Å². The summed E-state index contributed by atoms with van der Waals surface area (Å²) >= 11 is 0. The van der Waals surface area contributed by atoms with Crippen LogP contribution in [-0.2, 0) is 36.5 Å². The molecule has 1 N–H and O–H groups in total. The molecule has 0 radical (unpaired) electrons. The maximum atomic E-state index is 11.3. The van der Waals surface area contributed by atoms with E-state index in [0.29, 0.717) is 5.75 Å². The summed E-state index contributed by atoms with van der Waals surface area (Å²) in [7, 11) is 0. The van der Waals surface area contributed by atoms with Crippen molar-refractivity contribution in [1.29, 1.82) is 0 Å². The number of phenolic OH excluding ortho intramolecular Hbond substituents is 1. The Morgan fingerprint density at radius 1 is 0.444 bits per heavy atom. The zero-order valence-electron chi connectivity index (χ0n) is 30.0. The van der Waals surface area contributed by atoms with E-state index in [1.807, 2.05) is 12.1 Å². The van der Waals surface area contributed by atoms with Crippen LogP contribution in [0.3, 0.4) is 0 Å². The lowest BCUT2D eigenvalue weighted by Crippen LogP contribution is -2.26. The van der Waals surface area contributed by atoms with Gasteiger partial charge in [-0.3, -0.25) is 0 Å². The monoisotopic (exact) mass is 611 g/mol. The molecule has 0 fully saturated rings. The van der Waals surface area contributed by atoms with Crippen LogP contribution >= 0.6 is 0 Å². The Balaban J connectivity index is 1.72. The summed E-state index contributed by atoms with van der Waals surface area (Å²) < 4.78 is 0. The molecule has 1 nitrogen and oxygen atoms in total. The topological polar surface area (TPSA) is 20.2 Å². The predicted octanol–water partition coefficient (Wildman–Crippen LogP) is 13.0. The lowest BCUT2D eigenvalue weighted by atomic mass is 9.72. The number of benzene rings is 3. The third-order valence-corrected chi connectivity index (χ3v) is 10.1. The average Bonchev–Trinajstić information content (AvgIpc) is 3.02. The van der Waals surface area contributed by atoms with Crippen LogP contribution in [0, 0.1) is 0 Å². The van der Waals surface area contributed by atoms with Gasteiger partial charge >= 0.3 is 0 Å². The lowest BCUT2D eigenvalue weighted by Gasteiger charge is -2.32. The van der Waals surface area contributed by atoms with Crippen LogP contribution in [0.1, 0.15) is 165 Å². The Labute approximate surface area is 278 Å². The molecule has 3 rings (SSSR count). The van der Waals surface area contributed by atoms with E-state index in [1.165, 1.54) is 118 Å². The van der Waals surface area contributed by atoms with E-state index in [1.54, 1.807) is 0 Å². The molecule has 0 amide bonds. The summed E-state index contributed by atoms with van der Waals surface area (Å²) in [4.78, 5) is 0. The summed E-state index contributed by atoms with van der Waals surface area (Å²) in [6.07, 6.45) is 22.8. The van der Waals surface area contributed by atoms with Gasteiger partial charge in [-0.05, 0) is 88.8 Å². The molecular formula is C44H66O. The minimum atomic E-state index is -0.0789. The van der Waals surface area contributed by atoms with Crippen LogP contribution in [0.15, 0.2) is 66.7 Å². The number of hydrogen-bond acceptors (Lipinski definition) is 1. The van der Waals surface area contributed by atoms with E-state index in [2.05, 4.69) is 96.1 Å². The number of phenols is 1. The summed E-state index contributed by atoms with van der Waals surface area (Å²) in [5.74, 6) is 0.442. The molecule has 0 aliphatic carbocycles. The van der Waals surface area contributed by atoms with Crippen molar-refractivity contribution in [1.82, 2.24) is 0 Å². The highest BCUT2D eigenvalue weighted by atomic mass is 16.3. The number of unbranched alkanes of at least 4 members (excludes halogenated alkanes) is 12. The zero-order valence-corrected chi connectivity index (χ0v) is 30.0. The Hall–Kier alpha value is -2.54. The molecule has 3 aromatic rings. The SMILES string of the molecule is CCCCCCCCCc1ccccc1C(C)(C)Cc1cccc(O)c1CC(C)(C)c1ccccc1CCCCCCCCC. The van der Waals surface area contributed by atoms with Crippen LogP contribution < -0.4 is 0 Å². The lowest BCUT2D eigenvalue weighted by molar-refractivity contribution is 0.442. The van der Waals surface area contributed by atoms with Crippen molar-refractivity contribution >= 4 is 0 Å². The highest BCUT2D eigenvalue weighted by Crippen LogP contribution is 2.38. The Kier molecular flexibility index (Phi) is 15.8. The van der Waals surface area contributed by atoms with Crippen LogP contribution in [0.2, 0.25) is 0 Å². The summed E-state index contributed by atoms with van der Waals surface area (Å²) in [5, 5.41) is 11.3. The van der Waals surface area contributed by atoms with Crippen molar-refractivity contribution in [3.8, 4) is 5.75 Å². The molecule has 0 spiro atoms. The van der Waals surface area contributed by atoms with Crippen LogP contribution in [0.25, 0.3) is 0 Å². The van der Waals surface area contributed by atoms with Crippen molar-refractivity contribution in [3.63, 3.8) is 0 Å². The second-order valence-electron chi connectivity index (χ2n) is 15.1. The van der Waals surface area contributed by atoms with E-state index in [4.69, 9.17) is 0 Å². The van der Waals surface area contributed by atoms with Crippen molar-refractivity contribution in [2.75, 3.05) is 0 Å². The standard InChI is InChI=1S/C44H66O/c1-7-9-11-13-15-17-19-26-36-28-21-23-31-40(36)43(3,4)34-38-30-25-33-42(45)39(38)35-44(5,6)41-32-24-22-29-37(41)27-20-18-16-14-12-10-8-2/h21-25,28-33,45H,7-20,26-27,34-35H2,1-6H3. The third-order valence-electron chi connectivity index (χ3n) is 10.1. The first-order chi connectivity index (χ1) is 21.7. The molecular weight excluding hydrogens is 544 g/mol. The van der Waals surface area contributed by atoms with Crippen molar-refractivity contribution in [2.24, 2.45) is 0 Å². The fourth-order valence-corrected chi connectivity index (χ4v) is 7.44. The molecule has 0 aliphatic rings. The summed E-state index contributed by atoms with van der Waals surface area (Å²) in [6.45, 7) is 14.1. The molecule has 0 unspecified atom stereocenters. The molecule has 1 heteroatoms. The predicted molar refractivity (Wildman–Crippen MR) is 198 cm³/mol. The van der Waals surface area contributed by atoms with Gasteiger partial charge in [0.05, 0.1) is 0 Å². The smallest absolute Gasteiger partial charge is 0.119 e. The zero-order chi connectivity index (χ0) is 32.5. The molecule has 0 aliphatic heterocycles. The molecule has 0 aromatic heterocycles. The fourth-order valence-electron chi connectivity index (χ4n) is 7.44. The van der Waals surface area contributed by atoms with Crippen molar-refractivity contribution in [3.05, 3.63) is 100 Å². The average molecular weight is 611 g/mol. The molecule has 248 valence electrons.